The van der Waals surface area contributed by atoms with Crippen molar-refractivity contribution in [3.05, 3.63) is 71.1 Å². The summed E-state index contributed by atoms with van der Waals surface area (Å²) >= 11 is 6.67. The van der Waals surface area contributed by atoms with Crippen LogP contribution in [0.15, 0.2) is 49.2 Å². The molecule has 1 aromatic heterocycles. The van der Waals surface area contributed by atoms with Crippen molar-refractivity contribution in [3.8, 4) is 5.75 Å². The molecule has 0 aliphatic carbocycles. The Morgan fingerprint density at radius 1 is 1.16 bits per heavy atom. The quantitative estimate of drug-likeness (QED) is 0.225. The van der Waals surface area contributed by atoms with Crippen LogP contribution in [-0.2, 0) is 0 Å². The molecule has 0 radical (unpaired) electrons. The number of fused-ring (bicyclic) bond motifs is 1. The van der Waals surface area contributed by atoms with Crippen LogP contribution in [0.25, 0.3) is 10.9 Å². The summed E-state index contributed by atoms with van der Waals surface area (Å²) in [4.78, 5) is 28.8. The minimum atomic E-state index is -0.513. The van der Waals surface area contributed by atoms with E-state index in [1.54, 1.807) is 32.0 Å². The zero-order valence-electron chi connectivity index (χ0n) is 17.3. The molecule has 0 fully saturated rings. The molecule has 0 saturated heterocycles. The van der Waals surface area contributed by atoms with Crippen molar-refractivity contribution in [1.29, 1.82) is 0 Å². The highest BCUT2D eigenvalue weighted by atomic mass is 79.9. The zero-order valence-corrected chi connectivity index (χ0v) is 20.5. The van der Waals surface area contributed by atoms with E-state index >= 15 is 0 Å². The van der Waals surface area contributed by atoms with Gasteiger partial charge in [0.15, 0.2) is 0 Å². The summed E-state index contributed by atoms with van der Waals surface area (Å²) in [6.45, 7) is 7.38. The monoisotopic (exact) mass is 550 g/mol. The number of nitro groups is 1. The zero-order chi connectivity index (χ0) is 22.9. The molecule has 0 aliphatic heterocycles. The van der Waals surface area contributed by atoms with Crippen molar-refractivity contribution in [1.82, 2.24) is 9.66 Å². The molecule has 162 valence electrons. The average molecular weight is 552 g/mol. The SMILES string of the molecule is CC(C)Oc1c(C=Nn2c(C(C)C)nc3ccc(Br)cc3c2=O)cc(Br)cc1[N+](=O)[O-]. The van der Waals surface area contributed by atoms with Crippen molar-refractivity contribution in [2.24, 2.45) is 5.10 Å². The first-order chi connectivity index (χ1) is 14.6. The van der Waals surface area contributed by atoms with Crippen molar-refractivity contribution < 1.29 is 9.66 Å². The van der Waals surface area contributed by atoms with Crippen LogP contribution in [0.2, 0.25) is 0 Å². The molecule has 8 nitrogen and oxygen atoms in total. The summed E-state index contributed by atoms with van der Waals surface area (Å²) in [5, 5.41) is 16.3. The molecule has 0 spiro atoms. The fourth-order valence-corrected chi connectivity index (χ4v) is 3.79. The van der Waals surface area contributed by atoms with Gasteiger partial charge in [-0.05, 0) is 38.1 Å². The second kappa shape index (κ2) is 9.27. The molecular formula is C21H20Br2N4O4. The Kier molecular flexibility index (Phi) is 6.90. The Hall–Kier alpha value is -2.59. The van der Waals surface area contributed by atoms with Crippen LogP contribution in [0.1, 0.15) is 45.0 Å². The number of ether oxygens (including phenoxy) is 1. The Morgan fingerprint density at radius 2 is 1.87 bits per heavy atom. The highest BCUT2D eigenvalue weighted by molar-refractivity contribution is 9.10. The van der Waals surface area contributed by atoms with Crippen LogP contribution in [0, 0.1) is 10.1 Å². The molecule has 31 heavy (non-hydrogen) atoms. The fraction of sp³-hybridized carbons (Fsp3) is 0.286. The topological polar surface area (TPSA) is 99.6 Å². The minimum Gasteiger partial charge on any atom is -0.484 e. The van der Waals surface area contributed by atoms with Crippen molar-refractivity contribution in [3.63, 3.8) is 0 Å². The van der Waals surface area contributed by atoms with E-state index in [0.717, 1.165) is 4.47 Å². The molecule has 0 unspecified atom stereocenters. The van der Waals surface area contributed by atoms with Gasteiger partial charge in [0.05, 0.1) is 28.1 Å². The number of nitrogens with zero attached hydrogens (tertiary/aromatic N) is 4. The minimum absolute atomic E-state index is 0.0823. The third-order valence-electron chi connectivity index (χ3n) is 4.28. The normalized spacial score (nSPS) is 11.7. The summed E-state index contributed by atoms with van der Waals surface area (Å²) in [7, 11) is 0. The van der Waals surface area contributed by atoms with Gasteiger partial charge >= 0.3 is 5.69 Å². The van der Waals surface area contributed by atoms with Gasteiger partial charge < -0.3 is 4.74 Å². The third-order valence-corrected chi connectivity index (χ3v) is 5.23. The van der Waals surface area contributed by atoms with E-state index in [9.17, 15) is 14.9 Å². The van der Waals surface area contributed by atoms with Gasteiger partial charge in [0, 0.05) is 26.5 Å². The number of halogens is 2. The largest absolute Gasteiger partial charge is 0.484 e. The number of hydrogen-bond acceptors (Lipinski definition) is 6. The number of nitro benzene ring substituents is 1. The lowest BCUT2D eigenvalue weighted by Gasteiger charge is -2.14. The highest BCUT2D eigenvalue weighted by Crippen LogP contribution is 2.34. The highest BCUT2D eigenvalue weighted by Gasteiger charge is 2.22. The molecule has 3 rings (SSSR count). The molecule has 3 aromatic rings. The van der Waals surface area contributed by atoms with E-state index in [1.165, 1.54) is 17.0 Å². The number of hydrogen-bond donors (Lipinski definition) is 0. The number of rotatable bonds is 6. The molecule has 0 N–H and O–H groups in total. The number of benzene rings is 2. The Bertz CT molecular complexity index is 1250. The summed E-state index contributed by atoms with van der Waals surface area (Å²) < 4.78 is 8.19. The summed E-state index contributed by atoms with van der Waals surface area (Å²) in [5.41, 5.74) is 0.416. The summed E-state index contributed by atoms with van der Waals surface area (Å²) in [5.74, 6) is 0.482. The van der Waals surface area contributed by atoms with E-state index < -0.39 is 4.92 Å². The van der Waals surface area contributed by atoms with Crippen molar-refractivity contribution >= 4 is 54.7 Å². The van der Waals surface area contributed by atoms with Crippen molar-refractivity contribution in [2.45, 2.75) is 39.7 Å². The maximum Gasteiger partial charge on any atom is 0.312 e. The van der Waals surface area contributed by atoms with E-state index in [2.05, 4.69) is 41.9 Å². The first-order valence-corrected chi connectivity index (χ1v) is 11.1. The molecular weight excluding hydrogens is 532 g/mol. The number of aromatic nitrogens is 2. The van der Waals surface area contributed by atoms with Gasteiger partial charge in [-0.1, -0.05) is 45.7 Å². The standard InChI is InChI=1S/C21H20Br2N4O4/c1-11(2)20-25-17-6-5-14(22)8-16(17)21(28)26(20)24-10-13-7-15(23)9-18(27(29)30)19(13)31-12(3)4/h5-12H,1-4H3. The van der Waals surface area contributed by atoms with E-state index in [0.29, 0.717) is 26.8 Å². The fourth-order valence-electron chi connectivity index (χ4n) is 2.97. The van der Waals surface area contributed by atoms with Crippen LogP contribution >= 0.6 is 31.9 Å². The van der Waals surface area contributed by atoms with E-state index in [-0.39, 0.29) is 29.0 Å². The second-order valence-corrected chi connectivity index (χ2v) is 9.25. The van der Waals surface area contributed by atoms with Gasteiger partial charge in [0.2, 0.25) is 5.75 Å². The summed E-state index contributed by atoms with van der Waals surface area (Å²) in [6.07, 6.45) is 1.09. The van der Waals surface area contributed by atoms with Crippen molar-refractivity contribution in [2.75, 3.05) is 0 Å². The lowest BCUT2D eigenvalue weighted by atomic mass is 10.1. The second-order valence-electron chi connectivity index (χ2n) is 7.41. The van der Waals surface area contributed by atoms with Crippen LogP contribution < -0.4 is 10.3 Å². The van der Waals surface area contributed by atoms with Crippen LogP contribution in [0.4, 0.5) is 5.69 Å². The lowest BCUT2D eigenvalue weighted by Crippen LogP contribution is -2.23. The molecule has 2 aromatic carbocycles. The predicted molar refractivity (Wildman–Crippen MR) is 127 cm³/mol. The maximum atomic E-state index is 13.2. The smallest absolute Gasteiger partial charge is 0.312 e. The first-order valence-electron chi connectivity index (χ1n) is 9.49. The van der Waals surface area contributed by atoms with Gasteiger partial charge in [0.1, 0.15) is 5.82 Å². The Balaban J connectivity index is 2.24. The first kappa shape index (κ1) is 23.1. The molecule has 0 atom stereocenters. The molecule has 0 saturated carbocycles. The third kappa shape index (κ3) is 5.01. The molecule has 0 bridgehead atoms. The van der Waals surface area contributed by atoms with Crippen LogP contribution in [0.3, 0.4) is 0 Å². The maximum absolute atomic E-state index is 13.2. The Morgan fingerprint density at radius 3 is 2.48 bits per heavy atom. The summed E-state index contributed by atoms with van der Waals surface area (Å²) in [6, 6.07) is 8.31. The molecule has 1 heterocycles. The Labute approximate surface area is 195 Å². The van der Waals surface area contributed by atoms with Gasteiger partial charge in [-0.2, -0.15) is 9.78 Å². The molecule has 10 heteroatoms. The van der Waals surface area contributed by atoms with Gasteiger partial charge in [-0.3, -0.25) is 14.9 Å². The van der Waals surface area contributed by atoms with Gasteiger partial charge in [-0.15, -0.1) is 0 Å². The predicted octanol–water partition coefficient (Wildman–Crippen LogP) is 5.62. The van der Waals surface area contributed by atoms with E-state index in [4.69, 9.17) is 4.74 Å². The molecule has 0 aliphatic rings. The molecule has 0 amide bonds. The van der Waals surface area contributed by atoms with Crippen LogP contribution in [0.5, 0.6) is 5.75 Å². The lowest BCUT2D eigenvalue weighted by molar-refractivity contribution is -0.386. The van der Waals surface area contributed by atoms with Gasteiger partial charge in [0.25, 0.3) is 5.56 Å². The average Bonchev–Trinajstić information content (AvgIpc) is 2.68. The van der Waals surface area contributed by atoms with Gasteiger partial charge in [-0.25, -0.2) is 4.98 Å². The van der Waals surface area contributed by atoms with E-state index in [1.807, 2.05) is 19.9 Å². The van der Waals surface area contributed by atoms with Crippen LogP contribution in [-0.4, -0.2) is 26.9 Å².